The van der Waals surface area contributed by atoms with Crippen LogP contribution in [-0.2, 0) is 9.53 Å². The lowest BCUT2D eigenvalue weighted by Crippen LogP contribution is -2.59. The lowest BCUT2D eigenvalue weighted by molar-refractivity contribution is -0.351. The van der Waals surface area contributed by atoms with Crippen LogP contribution in [0.15, 0.2) is 0 Å². The predicted molar refractivity (Wildman–Crippen MR) is 86.8 cm³/mol. The second-order valence-corrected chi connectivity index (χ2v) is 9.55. The molecule has 4 bridgehead atoms. The Labute approximate surface area is 184 Å². The van der Waals surface area contributed by atoms with Gasteiger partial charge < -0.3 is 4.74 Å². The van der Waals surface area contributed by atoms with Crippen molar-refractivity contribution in [2.45, 2.75) is 68.9 Å². The second kappa shape index (κ2) is 7.30. The van der Waals surface area contributed by atoms with Gasteiger partial charge in [-0.1, -0.05) is 13.8 Å². The number of esters is 1. The topological polar surface area (TPSA) is 26.3 Å². The van der Waals surface area contributed by atoms with Crippen LogP contribution in [-0.4, -0.2) is 48.4 Å². The van der Waals surface area contributed by atoms with Gasteiger partial charge in [-0.05, 0) is 36.0 Å². The zero-order chi connectivity index (χ0) is 26.5. The monoisotopic (exact) mass is 526 g/mol. The van der Waals surface area contributed by atoms with Gasteiger partial charge in [-0.2, -0.15) is 57.1 Å². The molecule has 0 saturated heterocycles. The van der Waals surface area contributed by atoms with Crippen LogP contribution in [0.1, 0.15) is 33.1 Å². The summed E-state index contributed by atoms with van der Waals surface area (Å²) in [6.45, 7) is 0.950. The number of carbonyl (C=O) groups excluding carboxylic acids is 1. The number of hydrogen-bond acceptors (Lipinski definition) is 2. The van der Waals surface area contributed by atoms with Crippen molar-refractivity contribution in [3.63, 3.8) is 0 Å². The van der Waals surface area contributed by atoms with Gasteiger partial charge >= 0.3 is 41.8 Å². The van der Waals surface area contributed by atoms with Gasteiger partial charge in [-0.25, -0.2) is 0 Å². The minimum atomic E-state index is -7.05. The van der Waals surface area contributed by atoms with Crippen molar-refractivity contribution < 1.29 is 66.6 Å². The summed E-state index contributed by atoms with van der Waals surface area (Å²) in [4.78, 5) is 12.4. The fourth-order valence-electron chi connectivity index (χ4n) is 6.09. The van der Waals surface area contributed by atoms with Gasteiger partial charge in [0.05, 0.1) is 11.8 Å². The van der Waals surface area contributed by atoms with E-state index in [-0.39, 0.29) is 29.6 Å². The average molecular weight is 526 g/mol. The van der Waals surface area contributed by atoms with Crippen molar-refractivity contribution in [3.8, 4) is 0 Å². The molecule has 0 amide bonds. The first-order valence-electron chi connectivity index (χ1n) is 10.1. The number of halogens is 13. The third kappa shape index (κ3) is 3.65. The normalized spacial score (nSPS) is 33.9. The summed E-state index contributed by atoms with van der Waals surface area (Å²) >= 11 is 0. The molecule has 2 nitrogen and oxygen atoms in total. The zero-order valence-corrected chi connectivity index (χ0v) is 17.4. The molecular weight excluding hydrogens is 507 g/mol. The number of ether oxygens (including phenoxy) is 1. The lowest BCUT2D eigenvalue weighted by atomic mass is 9.90. The van der Waals surface area contributed by atoms with E-state index in [0.717, 1.165) is 0 Å². The van der Waals surface area contributed by atoms with Crippen LogP contribution in [0, 0.1) is 35.0 Å². The first-order valence-corrected chi connectivity index (χ1v) is 10.1. The average Bonchev–Trinajstić information content (AvgIpc) is 2.91. The van der Waals surface area contributed by atoms with E-state index in [1.807, 2.05) is 6.92 Å². The Morgan fingerprint density at radius 2 is 1.29 bits per heavy atom. The fourth-order valence-corrected chi connectivity index (χ4v) is 6.09. The van der Waals surface area contributed by atoms with Crippen LogP contribution in [0.2, 0.25) is 0 Å². The molecule has 0 heterocycles. The molecule has 4 rings (SSSR count). The molecule has 0 aliphatic heterocycles. The van der Waals surface area contributed by atoms with Crippen molar-refractivity contribution in [3.05, 3.63) is 0 Å². The molecule has 0 spiro atoms. The van der Waals surface area contributed by atoms with Crippen molar-refractivity contribution >= 4 is 5.97 Å². The van der Waals surface area contributed by atoms with E-state index >= 15 is 0 Å². The molecule has 0 aromatic rings. The van der Waals surface area contributed by atoms with Crippen LogP contribution in [0.5, 0.6) is 0 Å². The smallest absolute Gasteiger partial charge is 0.395 e. The van der Waals surface area contributed by atoms with E-state index in [1.54, 1.807) is 6.92 Å². The summed E-state index contributed by atoms with van der Waals surface area (Å²) in [5, 5.41) is 0. The Morgan fingerprint density at radius 3 is 1.68 bits per heavy atom. The van der Waals surface area contributed by atoms with Crippen LogP contribution in [0.4, 0.5) is 57.1 Å². The van der Waals surface area contributed by atoms with Gasteiger partial charge in [0.1, 0.15) is 6.42 Å². The maximum absolute atomic E-state index is 14.0. The molecule has 4 fully saturated rings. The molecule has 0 aromatic carbocycles. The van der Waals surface area contributed by atoms with Crippen LogP contribution < -0.4 is 0 Å². The number of alkyl halides is 13. The van der Waals surface area contributed by atoms with E-state index in [2.05, 4.69) is 4.74 Å². The highest BCUT2D eigenvalue weighted by molar-refractivity contribution is 5.84. The first-order chi connectivity index (χ1) is 15.0. The largest absolute Gasteiger partial charge is 0.459 e. The van der Waals surface area contributed by atoms with E-state index < -0.39 is 66.6 Å². The van der Waals surface area contributed by atoms with Crippen LogP contribution in [0.3, 0.4) is 0 Å². The Bertz CT molecular complexity index is 833. The summed E-state index contributed by atoms with van der Waals surface area (Å²) in [6, 6.07) is 0. The van der Waals surface area contributed by atoms with Crippen molar-refractivity contribution in [1.29, 1.82) is 0 Å². The fraction of sp³-hybridized carbons (Fsp3) is 0.947. The molecule has 34 heavy (non-hydrogen) atoms. The zero-order valence-electron chi connectivity index (χ0n) is 17.4. The molecular formula is C19H19F13O2. The maximum Gasteiger partial charge on any atom is 0.395 e. The Kier molecular flexibility index (Phi) is 5.83. The highest BCUT2D eigenvalue weighted by Crippen LogP contribution is 2.83. The third-order valence-corrected chi connectivity index (χ3v) is 7.71. The van der Waals surface area contributed by atoms with Gasteiger partial charge in [0.15, 0.2) is 6.61 Å². The first kappa shape index (κ1) is 27.2. The third-order valence-electron chi connectivity index (χ3n) is 7.71. The van der Waals surface area contributed by atoms with Gasteiger partial charge in [0.25, 0.3) is 0 Å². The Balaban J connectivity index is 1.70. The molecule has 0 radical (unpaired) electrons. The molecule has 6 atom stereocenters. The molecule has 6 unspecified atom stereocenters. The molecule has 4 aliphatic carbocycles. The standard InChI is InChI=1S/C19H19F13O2/c1-7-9-3-10-11(7)18(10,8(9)2)12(33)34-6-16(26,27)13(20,21)4-14(22,23)19(31,32)15(24,25)5-17(28,29)30/h7-11H,3-6H2,1-2H3. The highest BCUT2D eigenvalue weighted by Gasteiger charge is 2.85. The van der Waals surface area contributed by atoms with Crippen molar-refractivity contribution in [2.24, 2.45) is 35.0 Å². The van der Waals surface area contributed by atoms with E-state index in [9.17, 15) is 61.9 Å². The molecule has 0 aromatic heterocycles. The molecule has 15 heteroatoms. The Morgan fingerprint density at radius 1 is 0.794 bits per heavy atom. The van der Waals surface area contributed by atoms with E-state index in [4.69, 9.17) is 0 Å². The Hall–Kier alpha value is -1.44. The summed E-state index contributed by atoms with van der Waals surface area (Å²) in [5.41, 5.74) is -1.19. The summed E-state index contributed by atoms with van der Waals surface area (Å²) in [5.74, 6) is -34.1. The molecule has 198 valence electrons. The van der Waals surface area contributed by atoms with Gasteiger partial charge in [0, 0.05) is 0 Å². The van der Waals surface area contributed by atoms with Gasteiger partial charge in [0.2, 0.25) is 0 Å². The molecule has 0 N–H and O–H groups in total. The lowest BCUT2D eigenvalue weighted by Gasteiger charge is -2.36. The molecule has 4 saturated carbocycles. The SMILES string of the molecule is CC1C2CC3C1C3(C(=O)OCC(F)(F)C(F)(F)CC(F)(F)C(F)(F)C(F)(F)CC(F)(F)F)C2C. The van der Waals surface area contributed by atoms with E-state index in [1.165, 1.54) is 0 Å². The van der Waals surface area contributed by atoms with Crippen molar-refractivity contribution in [1.82, 2.24) is 0 Å². The highest BCUT2D eigenvalue weighted by atomic mass is 19.4. The van der Waals surface area contributed by atoms with Crippen molar-refractivity contribution in [2.75, 3.05) is 6.61 Å². The number of rotatable bonds is 9. The molecule has 4 aliphatic rings. The summed E-state index contributed by atoms with van der Waals surface area (Å²) in [7, 11) is 0. The second-order valence-electron chi connectivity index (χ2n) is 9.55. The van der Waals surface area contributed by atoms with Crippen LogP contribution in [0.25, 0.3) is 0 Å². The van der Waals surface area contributed by atoms with Gasteiger partial charge in [-0.3, -0.25) is 4.79 Å². The predicted octanol–water partition coefficient (Wildman–Crippen LogP) is 6.59. The van der Waals surface area contributed by atoms with E-state index in [0.29, 0.717) is 6.42 Å². The summed E-state index contributed by atoms with van der Waals surface area (Å²) in [6.07, 6.45) is -13.2. The maximum atomic E-state index is 14.0. The number of carbonyl (C=O) groups is 1. The summed E-state index contributed by atoms with van der Waals surface area (Å²) < 4.78 is 177. The van der Waals surface area contributed by atoms with Crippen LogP contribution >= 0.6 is 0 Å². The van der Waals surface area contributed by atoms with Gasteiger partial charge in [-0.15, -0.1) is 0 Å². The number of hydrogen-bond donors (Lipinski definition) is 0. The minimum Gasteiger partial charge on any atom is -0.459 e. The minimum absolute atomic E-state index is 0.0359. The quantitative estimate of drug-likeness (QED) is 0.251.